The molecule has 5 N–H and O–H groups in total. The van der Waals surface area contributed by atoms with E-state index in [4.69, 9.17) is 24.1 Å². The van der Waals surface area contributed by atoms with Gasteiger partial charge in [-0.3, -0.25) is 9.13 Å². The molecule has 1 rings (SSSR count). The number of nitrogens with zero attached hydrogens (tertiary/aromatic N) is 1. The molecule has 0 amide bonds. The minimum absolute atomic E-state index is 0. The van der Waals surface area contributed by atoms with Crippen LogP contribution in [0.2, 0.25) is 0 Å². The van der Waals surface area contributed by atoms with Gasteiger partial charge in [-0.05, 0) is 6.92 Å². The molecule has 0 saturated heterocycles. The molecule has 18 heavy (non-hydrogen) atoms. The third-order valence-corrected chi connectivity index (χ3v) is 2.50. The van der Waals surface area contributed by atoms with Gasteiger partial charge in [0.15, 0.2) is 5.13 Å². The molecule has 8 nitrogen and oxygen atoms in total. The Morgan fingerprint density at radius 3 is 2.17 bits per heavy atom. The van der Waals surface area contributed by atoms with Crippen LogP contribution in [0.25, 0.3) is 0 Å². The van der Waals surface area contributed by atoms with E-state index in [1.165, 1.54) is 11.3 Å². The summed E-state index contributed by atoms with van der Waals surface area (Å²) in [7, 11) is -7.10. The zero-order valence-corrected chi connectivity index (χ0v) is 10.9. The fourth-order valence-corrected chi connectivity index (χ4v) is 1.73. The summed E-state index contributed by atoms with van der Waals surface area (Å²) in [6.07, 6.45) is 1.28. The number of rotatable bonds is 3. The Bertz CT molecular complexity index is 395. The third kappa shape index (κ3) is 17.7. The van der Waals surface area contributed by atoms with Crippen molar-refractivity contribution in [1.82, 2.24) is 4.98 Å². The molecule has 0 radical (unpaired) electrons. The van der Waals surface area contributed by atoms with E-state index in [9.17, 15) is 4.57 Å². The maximum atomic E-state index is 10.4. The standard InChI is InChI=1S/C5H9N2O3PS.2Na.H3O3P.2H/c1-4-2-6-5(12-4)7-3-11(8,9)10;;;1-4(2)3;;/h2H,3H2,1H3,(H,6,7)(H2,8,9,10);;;4H,(H2,1,2,3);;. The maximum absolute atomic E-state index is 10.4. The first-order chi connectivity index (χ1) is 7.20. The monoisotopic (exact) mass is 338 g/mol. The van der Waals surface area contributed by atoms with E-state index in [0.717, 1.165) is 4.88 Å². The van der Waals surface area contributed by atoms with E-state index in [0.29, 0.717) is 5.13 Å². The van der Waals surface area contributed by atoms with Crippen molar-refractivity contribution in [2.75, 3.05) is 11.6 Å². The quantitative estimate of drug-likeness (QED) is 0.351. The summed E-state index contributed by atoms with van der Waals surface area (Å²) >= 11 is 1.36. The van der Waals surface area contributed by atoms with Gasteiger partial charge in [-0.2, -0.15) is 0 Å². The van der Waals surface area contributed by atoms with Gasteiger partial charge in [0, 0.05) is 11.1 Å². The molecule has 1 heterocycles. The first kappa shape index (κ1) is 24.7. The zero-order valence-electron chi connectivity index (χ0n) is 8.19. The second-order valence-corrected chi connectivity index (χ2v) is 6.00. The SMILES string of the molecule is Cc1cnc(NCP(=O)(O)O)s1.O=[PH](O)O.[NaH].[NaH]. The van der Waals surface area contributed by atoms with Crippen LogP contribution in [0.15, 0.2) is 6.20 Å². The molecule has 0 aliphatic rings. The molecule has 0 atom stereocenters. The summed E-state index contributed by atoms with van der Waals surface area (Å²) < 4.78 is 19.2. The molecule has 0 saturated carbocycles. The van der Waals surface area contributed by atoms with Gasteiger partial charge >= 0.3 is 75.0 Å². The average molecular weight is 338 g/mol. The Balaban J connectivity index is -0.000000332. The second kappa shape index (κ2) is 12.5. The number of thiazole rings is 1. The summed E-state index contributed by atoms with van der Waals surface area (Å²) in [5.74, 6) is 0. The molecule has 0 bridgehead atoms. The molecule has 0 fully saturated rings. The van der Waals surface area contributed by atoms with E-state index >= 15 is 0 Å². The molecule has 13 heteroatoms. The van der Waals surface area contributed by atoms with E-state index in [1.54, 1.807) is 6.20 Å². The molecule has 0 unspecified atom stereocenters. The fraction of sp³-hybridized carbons (Fsp3) is 0.400. The van der Waals surface area contributed by atoms with Crippen LogP contribution >= 0.6 is 27.2 Å². The van der Waals surface area contributed by atoms with Gasteiger partial charge in [-0.15, -0.1) is 11.3 Å². The topological polar surface area (TPSA) is 140 Å². The fourth-order valence-electron chi connectivity index (χ4n) is 0.607. The van der Waals surface area contributed by atoms with Gasteiger partial charge in [0.05, 0.1) is 0 Å². The van der Waals surface area contributed by atoms with Crippen molar-refractivity contribution < 1.29 is 28.7 Å². The van der Waals surface area contributed by atoms with Crippen LogP contribution in [-0.2, 0) is 9.13 Å². The van der Waals surface area contributed by atoms with Crippen molar-refractivity contribution in [2.45, 2.75) is 6.92 Å². The Kier molecular flexibility index (Phi) is 17.1. The first-order valence-electron chi connectivity index (χ1n) is 3.83. The molecule has 0 aliphatic carbocycles. The predicted molar refractivity (Wildman–Crippen MR) is 75.1 cm³/mol. The van der Waals surface area contributed by atoms with Gasteiger partial charge in [0.1, 0.15) is 6.29 Å². The van der Waals surface area contributed by atoms with Crippen LogP contribution in [0.1, 0.15) is 4.88 Å². The molecule has 98 valence electrons. The average Bonchev–Trinajstić information content (AvgIpc) is 2.45. The zero-order chi connectivity index (χ0) is 12.8. The normalized spacial score (nSPS) is 9.67. The van der Waals surface area contributed by atoms with Gasteiger partial charge in [-0.1, -0.05) is 0 Å². The summed E-state index contributed by atoms with van der Waals surface area (Å²) in [6, 6.07) is 0. The molecule has 0 aliphatic heterocycles. The van der Waals surface area contributed by atoms with Crippen molar-refractivity contribution in [1.29, 1.82) is 0 Å². The van der Waals surface area contributed by atoms with Crippen molar-refractivity contribution in [3.8, 4) is 0 Å². The number of hydrogen-bond acceptors (Lipinski definition) is 5. The van der Waals surface area contributed by atoms with Crippen LogP contribution in [0.5, 0.6) is 0 Å². The number of nitrogens with one attached hydrogen (secondary N) is 1. The Labute approximate surface area is 153 Å². The van der Waals surface area contributed by atoms with Crippen LogP contribution < -0.4 is 5.32 Å². The van der Waals surface area contributed by atoms with Crippen LogP contribution in [0.3, 0.4) is 0 Å². The van der Waals surface area contributed by atoms with E-state index in [2.05, 4.69) is 10.3 Å². The number of anilines is 1. The van der Waals surface area contributed by atoms with Crippen LogP contribution in [0.4, 0.5) is 5.13 Å². The van der Waals surface area contributed by atoms with Crippen LogP contribution in [0, 0.1) is 6.92 Å². The third-order valence-electron chi connectivity index (χ3n) is 1.06. The molecule has 0 spiro atoms. The number of hydrogen-bond donors (Lipinski definition) is 5. The van der Waals surface area contributed by atoms with E-state index in [-0.39, 0.29) is 65.4 Å². The molecular formula is C5H14N2Na2O6P2S. The molecule has 1 aromatic rings. The van der Waals surface area contributed by atoms with Gasteiger partial charge in [0.25, 0.3) is 0 Å². The minimum atomic E-state index is -3.97. The number of aryl methyl sites for hydroxylation is 1. The Morgan fingerprint density at radius 1 is 1.44 bits per heavy atom. The molecule has 0 aromatic carbocycles. The Morgan fingerprint density at radius 2 is 1.89 bits per heavy atom. The summed E-state index contributed by atoms with van der Waals surface area (Å²) in [6.45, 7) is 1.88. The second-order valence-electron chi connectivity index (χ2n) is 2.56. The first-order valence-corrected chi connectivity index (χ1v) is 7.75. The van der Waals surface area contributed by atoms with Gasteiger partial charge in [0.2, 0.25) is 0 Å². The summed E-state index contributed by atoms with van der Waals surface area (Å²) in [4.78, 5) is 36.2. The van der Waals surface area contributed by atoms with Gasteiger partial charge < -0.3 is 24.9 Å². The predicted octanol–water partition coefficient (Wildman–Crippen LogP) is -0.938. The van der Waals surface area contributed by atoms with Crippen molar-refractivity contribution in [3.05, 3.63) is 11.1 Å². The molecular weight excluding hydrogens is 324 g/mol. The van der Waals surface area contributed by atoms with E-state index in [1.807, 2.05) is 6.92 Å². The van der Waals surface area contributed by atoms with E-state index < -0.39 is 15.9 Å². The van der Waals surface area contributed by atoms with Crippen molar-refractivity contribution in [2.24, 2.45) is 0 Å². The molecule has 1 aromatic heterocycles. The van der Waals surface area contributed by atoms with Crippen LogP contribution in [-0.4, -0.2) is 90.0 Å². The number of aromatic nitrogens is 1. The summed E-state index contributed by atoms with van der Waals surface area (Å²) in [5, 5.41) is 3.09. The Hall–Kier alpha value is 1.73. The van der Waals surface area contributed by atoms with Crippen molar-refractivity contribution in [3.63, 3.8) is 0 Å². The van der Waals surface area contributed by atoms with Crippen molar-refractivity contribution >= 4 is 91.4 Å². The summed E-state index contributed by atoms with van der Waals surface area (Å²) in [5.41, 5.74) is 0. The van der Waals surface area contributed by atoms with Gasteiger partial charge in [-0.25, -0.2) is 4.98 Å².